The zero-order valence-electron chi connectivity index (χ0n) is 18.5. The number of aliphatic hydroxyl groups is 1. The number of carbonyl (C=O) groups is 1. The summed E-state index contributed by atoms with van der Waals surface area (Å²) in [5.41, 5.74) is 5.66. The lowest BCUT2D eigenvalue weighted by Gasteiger charge is -2.14. The molecule has 4 rings (SSSR count). The third kappa shape index (κ3) is 7.10. The highest BCUT2D eigenvalue weighted by Crippen LogP contribution is 2.30. The SMILES string of the molecule is NC(=O)c1ccc(OCCNC[C@H](O)COc2ccc3cc(OCC4CC4)ccc3c2)cc1. The van der Waals surface area contributed by atoms with E-state index in [1.54, 1.807) is 24.3 Å². The Morgan fingerprint density at radius 1 is 0.939 bits per heavy atom. The molecule has 1 fully saturated rings. The lowest BCUT2D eigenvalue weighted by Crippen LogP contribution is -2.33. The van der Waals surface area contributed by atoms with Crippen LogP contribution in [0.3, 0.4) is 0 Å². The molecule has 1 atom stereocenters. The largest absolute Gasteiger partial charge is 0.493 e. The van der Waals surface area contributed by atoms with E-state index in [0.29, 0.717) is 31.0 Å². The lowest BCUT2D eigenvalue weighted by molar-refractivity contribution is 0.1000. The van der Waals surface area contributed by atoms with Crippen molar-refractivity contribution in [3.8, 4) is 17.2 Å². The van der Waals surface area contributed by atoms with Gasteiger partial charge in [-0.05, 0) is 78.1 Å². The Kier molecular flexibility index (Phi) is 7.65. The van der Waals surface area contributed by atoms with Gasteiger partial charge in [0.05, 0.1) is 6.61 Å². The maximum Gasteiger partial charge on any atom is 0.248 e. The summed E-state index contributed by atoms with van der Waals surface area (Å²) in [7, 11) is 0. The van der Waals surface area contributed by atoms with E-state index in [9.17, 15) is 9.90 Å². The van der Waals surface area contributed by atoms with Crippen LogP contribution < -0.4 is 25.3 Å². The Bertz CT molecular complexity index is 1070. The number of hydrogen-bond donors (Lipinski definition) is 3. The van der Waals surface area contributed by atoms with Gasteiger partial charge < -0.3 is 30.4 Å². The summed E-state index contributed by atoms with van der Waals surface area (Å²) < 4.78 is 17.2. The predicted octanol–water partition coefficient (Wildman–Crippen LogP) is 3.14. The Labute approximate surface area is 193 Å². The third-order valence-electron chi connectivity index (χ3n) is 5.47. The molecule has 174 valence electrons. The minimum atomic E-state index is -0.645. The van der Waals surface area contributed by atoms with Crippen LogP contribution in [0.1, 0.15) is 23.2 Å². The first-order chi connectivity index (χ1) is 16.1. The van der Waals surface area contributed by atoms with E-state index < -0.39 is 12.0 Å². The average molecular weight is 451 g/mol. The highest BCUT2D eigenvalue weighted by Gasteiger charge is 2.21. The van der Waals surface area contributed by atoms with E-state index in [1.165, 1.54) is 12.8 Å². The molecule has 1 aliphatic carbocycles. The van der Waals surface area contributed by atoms with Gasteiger partial charge in [-0.25, -0.2) is 0 Å². The Balaban J connectivity index is 1.14. The van der Waals surface area contributed by atoms with Gasteiger partial charge in [-0.15, -0.1) is 0 Å². The minimum absolute atomic E-state index is 0.191. The summed E-state index contributed by atoms with van der Waals surface area (Å²) in [6.07, 6.45) is 1.91. The third-order valence-corrected chi connectivity index (χ3v) is 5.47. The molecule has 3 aromatic carbocycles. The van der Waals surface area contributed by atoms with E-state index in [4.69, 9.17) is 19.9 Å². The maximum atomic E-state index is 11.1. The number of aliphatic hydroxyl groups excluding tert-OH is 1. The molecular formula is C26H30N2O5. The molecule has 1 saturated carbocycles. The highest BCUT2D eigenvalue weighted by atomic mass is 16.5. The quantitative estimate of drug-likeness (QED) is 0.346. The number of nitrogens with one attached hydrogen (secondary N) is 1. The molecule has 0 spiro atoms. The molecule has 0 unspecified atom stereocenters. The first-order valence-corrected chi connectivity index (χ1v) is 11.3. The van der Waals surface area contributed by atoms with Crippen LogP contribution in [0, 0.1) is 5.92 Å². The fraction of sp³-hybridized carbons (Fsp3) is 0.346. The summed E-state index contributed by atoms with van der Waals surface area (Å²) in [5, 5.41) is 15.5. The van der Waals surface area contributed by atoms with Gasteiger partial charge in [0.2, 0.25) is 5.91 Å². The molecular weight excluding hydrogens is 420 g/mol. The lowest BCUT2D eigenvalue weighted by atomic mass is 10.1. The van der Waals surface area contributed by atoms with Crippen LogP contribution in [0.4, 0.5) is 0 Å². The van der Waals surface area contributed by atoms with E-state index in [1.807, 2.05) is 30.3 Å². The van der Waals surface area contributed by atoms with Crippen LogP contribution in [0.5, 0.6) is 17.2 Å². The molecule has 4 N–H and O–H groups in total. The van der Waals surface area contributed by atoms with Gasteiger partial charge in [0.15, 0.2) is 0 Å². The van der Waals surface area contributed by atoms with Gasteiger partial charge in [0.1, 0.15) is 36.6 Å². The number of ether oxygens (including phenoxy) is 3. The fourth-order valence-electron chi connectivity index (χ4n) is 3.36. The summed E-state index contributed by atoms with van der Waals surface area (Å²) >= 11 is 0. The smallest absolute Gasteiger partial charge is 0.248 e. The molecule has 0 aliphatic heterocycles. The molecule has 1 aliphatic rings. The fourth-order valence-corrected chi connectivity index (χ4v) is 3.36. The number of primary amides is 1. The van der Waals surface area contributed by atoms with Gasteiger partial charge in [-0.1, -0.05) is 12.1 Å². The number of fused-ring (bicyclic) bond motifs is 1. The van der Waals surface area contributed by atoms with Gasteiger partial charge in [0, 0.05) is 18.7 Å². The van der Waals surface area contributed by atoms with Crippen molar-refractivity contribution < 1.29 is 24.1 Å². The average Bonchev–Trinajstić information content (AvgIpc) is 3.66. The van der Waals surface area contributed by atoms with Crippen LogP contribution in [0.15, 0.2) is 60.7 Å². The second kappa shape index (κ2) is 11.0. The summed E-state index contributed by atoms with van der Waals surface area (Å²) in [5.74, 6) is 2.54. The molecule has 0 saturated heterocycles. The van der Waals surface area contributed by atoms with E-state index in [0.717, 1.165) is 34.8 Å². The first-order valence-electron chi connectivity index (χ1n) is 11.3. The maximum absolute atomic E-state index is 11.1. The molecule has 1 amide bonds. The van der Waals surface area contributed by atoms with Crippen LogP contribution in [-0.4, -0.2) is 50.0 Å². The second-order valence-corrected chi connectivity index (χ2v) is 8.33. The zero-order chi connectivity index (χ0) is 23.0. The van der Waals surface area contributed by atoms with Crippen LogP contribution in [-0.2, 0) is 0 Å². The van der Waals surface area contributed by atoms with E-state index in [2.05, 4.69) is 11.4 Å². The Morgan fingerprint density at radius 2 is 1.58 bits per heavy atom. The number of benzene rings is 3. The summed E-state index contributed by atoms with van der Waals surface area (Å²) in [4.78, 5) is 11.1. The zero-order valence-corrected chi connectivity index (χ0v) is 18.5. The summed E-state index contributed by atoms with van der Waals surface area (Å²) in [6.45, 7) is 2.38. The summed E-state index contributed by atoms with van der Waals surface area (Å²) in [6, 6.07) is 18.6. The van der Waals surface area contributed by atoms with Crippen LogP contribution in [0.2, 0.25) is 0 Å². The van der Waals surface area contributed by atoms with Gasteiger partial charge in [0.25, 0.3) is 0 Å². The Morgan fingerprint density at radius 3 is 2.21 bits per heavy atom. The van der Waals surface area contributed by atoms with Crippen LogP contribution >= 0.6 is 0 Å². The number of amides is 1. The molecule has 3 aromatic rings. The van der Waals surface area contributed by atoms with Crippen molar-refractivity contribution in [3.63, 3.8) is 0 Å². The standard InChI is InChI=1S/C26H30N2O5/c27-26(30)19-3-7-23(8-4-19)31-12-11-28-15-22(29)17-33-25-10-6-20-13-24(9-5-21(20)14-25)32-16-18-1-2-18/h3-10,13-14,18,22,28-29H,1-2,11-12,15-17H2,(H2,27,30)/t22-/m0/s1. The van der Waals surface area contributed by atoms with Crippen molar-refractivity contribution in [2.45, 2.75) is 18.9 Å². The Hall–Kier alpha value is -3.29. The first kappa shape index (κ1) is 22.9. The van der Waals surface area contributed by atoms with Crippen LogP contribution in [0.25, 0.3) is 10.8 Å². The van der Waals surface area contributed by atoms with Crippen molar-refractivity contribution in [1.29, 1.82) is 0 Å². The number of nitrogens with two attached hydrogens (primary N) is 1. The van der Waals surface area contributed by atoms with E-state index >= 15 is 0 Å². The molecule has 33 heavy (non-hydrogen) atoms. The van der Waals surface area contributed by atoms with Crippen molar-refractivity contribution in [3.05, 3.63) is 66.2 Å². The monoisotopic (exact) mass is 450 g/mol. The molecule has 0 radical (unpaired) electrons. The van der Waals surface area contributed by atoms with Crippen molar-refractivity contribution >= 4 is 16.7 Å². The number of carbonyl (C=O) groups excluding carboxylic acids is 1. The minimum Gasteiger partial charge on any atom is -0.493 e. The molecule has 0 bridgehead atoms. The van der Waals surface area contributed by atoms with Crippen molar-refractivity contribution in [2.75, 3.05) is 32.9 Å². The van der Waals surface area contributed by atoms with Gasteiger partial charge in [-0.3, -0.25) is 4.79 Å². The van der Waals surface area contributed by atoms with Crippen molar-refractivity contribution in [2.24, 2.45) is 11.7 Å². The van der Waals surface area contributed by atoms with Gasteiger partial charge in [-0.2, -0.15) is 0 Å². The predicted molar refractivity (Wildman–Crippen MR) is 127 cm³/mol. The molecule has 0 aromatic heterocycles. The number of hydrogen-bond acceptors (Lipinski definition) is 6. The highest BCUT2D eigenvalue weighted by molar-refractivity contribution is 5.92. The van der Waals surface area contributed by atoms with Gasteiger partial charge >= 0.3 is 0 Å². The number of rotatable bonds is 13. The normalized spacial score (nSPS) is 14.1. The topological polar surface area (TPSA) is 103 Å². The molecule has 7 heteroatoms. The molecule has 7 nitrogen and oxygen atoms in total. The molecule has 0 heterocycles. The van der Waals surface area contributed by atoms with Crippen molar-refractivity contribution in [1.82, 2.24) is 5.32 Å². The second-order valence-electron chi connectivity index (χ2n) is 8.33. The van der Waals surface area contributed by atoms with E-state index in [-0.39, 0.29) is 6.61 Å².